The van der Waals surface area contributed by atoms with E-state index in [0.29, 0.717) is 17.1 Å². The molecule has 0 spiro atoms. The molecule has 2 heterocycles. The van der Waals surface area contributed by atoms with E-state index in [4.69, 9.17) is 15.2 Å². The molecule has 2 amide bonds. The van der Waals surface area contributed by atoms with E-state index < -0.39 is 5.91 Å². The van der Waals surface area contributed by atoms with E-state index in [2.05, 4.69) is 5.32 Å². The summed E-state index contributed by atoms with van der Waals surface area (Å²) < 4.78 is 10.8. The average Bonchev–Trinajstić information content (AvgIpc) is 3.30. The number of nitrogens with two attached hydrogens (primary N) is 1. The zero-order chi connectivity index (χ0) is 19.4. The van der Waals surface area contributed by atoms with Crippen LogP contribution in [0.2, 0.25) is 0 Å². The zero-order valence-corrected chi connectivity index (χ0v) is 16.2. The van der Waals surface area contributed by atoms with Gasteiger partial charge in [-0.15, -0.1) is 11.3 Å². The maximum atomic E-state index is 12.5. The molecule has 2 aromatic rings. The number of thiophene rings is 1. The lowest BCUT2D eigenvalue weighted by molar-refractivity contribution is -0.910. The summed E-state index contributed by atoms with van der Waals surface area (Å²) >= 11 is 1.30. The van der Waals surface area contributed by atoms with E-state index in [-0.39, 0.29) is 11.9 Å². The Kier molecular flexibility index (Phi) is 5.98. The normalized spacial score (nSPS) is 18.9. The van der Waals surface area contributed by atoms with Crippen molar-refractivity contribution in [3.63, 3.8) is 0 Å². The Morgan fingerprint density at radius 2 is 2.11 bits per heavy atom. The van der Waals surface area contributed by atoms with Crippen molar-refractivity contribution in [2.45, 2.75) is 18.9 Å². The molecule has 0 radical (unpaired) electrons. The van der Waals surface area contributed by atoms with Gasteiger partial charge in [0.2, 0.25) is 0 Å². The molecular formula is C19H24N3O4S+. The van der Waals surface area contributed by atoms with Crippen LogP contribution in [-0.2, 0) is 4.79 Å². The number of likely N-dealkylation sites (tertiary alicyclic amines) is 1. The Balaban J connectivity index is 1.72. The van der Waals surface area contributed by atoms with E-state index in [0.717, 1.165) is 36.4 Å². The standard InChI is InChI=1S/C19H23N3O4S/c1-25-12-5-6-13(16(10-12)26-2)15-4-3-8-22(15)11-17(23)21-19-14(18(20)24)7-9-27-19/h5-7,9-10,15H,3-4,8,11H2,1-2H3,(H2,20,24)(H,21,23)/p+1/t15-/m0/s1. The largest absolute Gasteiger partial charge is 0.497 e. The summed E-state index contributed by atoms with van der Waals surface area (Å²) in [4.78, 5) is 25.1. The van der Waals surface area contributed by atoms with Gasteiger partial charge in [-0.3, -0.25) is 9.59 Å². The Morgan fingerprint density at radius 3 is 2.81 bits per heavy atom. The highest BCUT2D eigenvalue weighted by Gasteiger charge is 2.34. The average molecular weight is 390 g/mol. The SMILES string of the molecule is COc1ccc([C@@H]2CCC[NH+]2CC(=O)Nc2sccc2C(N)=O)c(OC)c1. The number of quaternary nitrogens is 1. The molecule has 1 unspecified atom stereocenters. The molecule has 1 aromatic carbocycles. The molecule has 0 saturated carbocycles. The Labute approximate surface area is 162 Å². The Hall–Kier alpha value is -2.58. The fourth-order valence-corrected chi connectivity index (χ4v) is 4.39. The quantitative estimate of drug-likeness (QED) is 0.663. The Bertz CT molecular complexity index is 836. The van der Waals surface area contributed by atoms with Crippen molar-refractivity contribution < 1.29 is 24.0 Å². The van der Waals surface area contributed by atoms with Gasteiger partial charge in [-0.2, -0.15) is 0 Å². The highest BCUT2D eigenvalue weighted by atomic mass is 32.1. The third-order valence-corrected chi connectivity index (χ3v) is 5.70. The lowest BCUT2D eigenvalue weighted by atomic mass is 10.0. The van der Waals surface area contributed by atoms with Crippen LogP contribution in [0, 0.1) is 0 Å². The van der Waals surface area contributed by atoms with Crippen LogP contribution in [-0.4, -0.2) is 39.1 Å². The van der Waals surface area contributed by atoms with Crippen LogP contribution in [0.4, 0.5) is 5.00 Å². The second-order valence-electron chi connectivity index (χ2n) is 6.46. The molecule has 1 saturated heterocycles. The van der Waals surface area contributed by atoms with Gasteiger partial charge in [-0.1, -0.05) is 0 Å². The van der Waals surface area contributed by atoms with Gasteiger partial charge in [0.25, 0.3) is 11.8 Å². The van der Waals surface area contributed by atoms with Gasteiger partial charge in [0, 0.05) is 18.9 Å². The van der Waals surface area contributed by atoms with Crippen molar-refractivity contribution in [1.29, 1.82) is 0 Å². The molecule has 1 aliphatic heterocycles. The second-order valence-corrected chi connectivity index (χ2v) is 7.38. The number of primary amides is 1. The first-order valence-corrected chi connectivity index (χ1v) is 9.65. The number of rotatable bonds is 7. The number of methoxy groups -OCH3 is 2. The van der Waals surface area contributed by atoms with Gasteiger partial charge in [0.05, 0.1) is 31.9 Å². The summed E-state index contributed by atoms with van der Waals surface area (Å²) in [6.07, 6.45) is 2.02. The summed E-state index contributed by atoms with van der Waals surface area (Å²) in [7, 11) is 3.26. The Morgan fingerprint density at radius 1 is 1.30 bits per heavy atom. The maximum Gasteiger partial charge on any atom is 0.280 e. The molecule has 3 rings (SSSR count). The lowest BCUT2D eigenvalue weighted by Crippen LogP contribution is -3.11. The number of amides is 2. The van der Waals surface area contributed by atoms with Crippen LogP contribution in [0.1, 0.15) is 34.8 Å². The third kappa shape index (κ3) is 4.23. The van der Waals surface area contributed by atoms with Gasteiger partial charge in [-0.05, 0) is 23.6 Å². The first kappa shape index (κ1) is 19.2. The maximum absolute atomic E-state index is 12.5. The van der Waals surface area contributed by atoms with E-state index in [1.54, 1.807) is 25.7 Å². The van der Waals surface area contributed by atoms with E-state index >= 15 is 0 Å². The van der Waals surface area contributed by atoms with Crippen molar-refractivity contribution in [3.8, 4) is 11.5 Å². The highest BCUT2D eigenvalue weighted by Crippen LogP contribution is 2.31. The monoisotopic (exact) mass is 390 g/mol. The molecular weight excluding hydrogens is 366 g/mol. The number of benzene rings is 1. The van der Waals surface area contributed by atoms with Gasteiger partial charge >= 0.3 is 0 Å². The van der Waals surface area contributed by atoms with Crippen LogP contribution in [0.3, 0.4) is 0 Å². The number of anilines is 1. The minimum atomic E-state index is -0.541. The number of carbonyl (C=O) groups excluding carboxylic acids is 2. The molecule has 2 atom stereocenters. The molecule has 144 valence electrons. The fraction of sp³-hybridized carbons (Fsp3) is 0.368. The number of carbonyl (C=O) groups is 2. The minimum absolute atomic E-state index is 0.130. The van der Waals surface area contributed by atoms with Gasteiger partial charge in [-0.25, -0.2) is 0 Å². The molecule has 1 fully saturated rings. The molecule has 0 aliphatic carbocycles. The summed E-state index contributed by atoms with van der Waals surface area (Å²) in [6, 6.07) is 7.59. The van der Waals surface area contributed by atoms with Crippen molar-refractivity contribution in [2.75, 3.05) is 32.6 Å². The minimum Gasteiger partial charge on any atom is -0.497 e. The number of nitrogens with one attached hydrogen (secondary N) is 2. The summed E-state index contributed by atoms with van der Waals surface area (Å²) in [5.74, 6) is 0.841. The van der Waals surface area contributed by atoms with Crippen molar-refractivity contribution in [1.82, 2.24) is 0 Å². The van der Waals surface area contributed by atoms with E-state index in [1.165, 1.54) is 16.2 Å². The zero-order valence-electron chi connectivity index (χ0n) is 15.4. The molecule has 7 nitrogen and oxygen atoms in total. The van der Waals surface area contributed by atoms with Crippen molar-refractivity contribution in [2.24, 2.45) is 5.73 Å². The summed E-state index contributed by atoms with van der Waals surface area (Å²) in [5.41, 5.74) is 6.76. The smallest absolute Gasteiger partial charge is 0.280 e. The van der Waals surface area contributed by atoms with Crippen LogP contribution in [0.25, 0.3) is 0 Å². The predicted molar refractivity (Wildman–Crippen MR) is 104 cm³/mol. The highest BCUT2D eigenvalue weighted by molar-refractivity contribution is 7.14. The number of ether oxygens (including phenoxy) is 2. The predicted octanol–water partition coefficient (Wildman–Crippen LogP) is 1.22. The summed E-state index contributed by atoms with van der Waals surface area (Å²) in [6.45, 7) is 1.22. The molecule has 0 bridgehead atoms. The fourth-order valence-electron chi connectivity index (χ4n) is 3.58. The first-order chi connectivity index (χ1) is 13.0. The third-order valence-electron chi connectivity index (χ3n) is 4.87. The van der Waals surface area contributed by atoms with Gasteiger partial charge < -0.3 is 25.4 Å². The van der Waals surface area contributed by atoms with Crippen molar-refractivity contribution >= 4 is 28.2 Å². The topological polar surface area (TPSA) is 95.1 Å². The van der Waals surface area contributed by atoms with E-state index in [1.807, 2.05) is 18.2 Å². The van der Waals surface area contributed by atoms with Crippen LogP contribution >= 0.6 is 11.3 Å². The lowest BCUT2D eigenvalue weighted by Gasteiger charge is -2.23. The van der Waals surface area contributed by atoms with Gasteiger partial charge in [0.15, 0.2) is 6.54 Å². The first-order valence-electron chi connectivity index (χ1n) is 8.77. The molecule has 4 N–H and O–H groups in total. The number of hydrogen-bond acceptors (Lipinski definition) is 5. The summed E-state index contributed by atoms with van der Waals surface area (Å²) in [5, 5.41) is 5.07. The van der Waals surface area contributed by atoms with Gasteiger partial charge in [0.1, 0.15) is 22.5 Å². The van der Waals surface area contributed by atoms with Crippen LogP contribution < -0.4 is 25.4 Å². The molecule has 27 heavy (non-hydrogen) atoms. The van der Waals surface area contributed by atoms with E-state index in [9.17, 15) is 9.59 Å². The number of hydrogen-bond donors (Lipinski definition) is 3. The second kappa shape index (κ2) is 8.41. The molecule has 8 heteroatoms. The van der Waals surface area contributed by atoms with Crippen molar-refractivity contribution in [3.05, 3.63) is 40.8 Å². The van der Waals surface area contributed by atoms with Crippen LogP contribution in [0.15, 0.2) is 29.6 Å². The molecule has 1 aromatic heterocycles. The van der Waals surface area contributed by atoms with Crippen LogP contribution in [0.5, 0.6) is 11.5 Å². The molecule has 1 aliphatic rings.